The first-order valence-corrected chi connectivity index (χ1v) is 8.13. The Labute approximate surface area is 145 Å². The zero-order valence-electron chi connectivity index (χ0n) is 14.4. The lowest BCUT2D eigenvalue weighted by atomic mass is 9.96. The van der Waals surface area contributed by atoms with Crippen molar-refractivity contribution < 1.29 is 4.79 Å². The first-order chi connectivity index (χ1) is 12.1. The molecule has 4 rings (SSSR count). The van der Waals surface area contributed by atoms with E-state index in [1.54, 1.807) is 24.1 Å². The Kier molecular flexibility index (Phi) is 3.50. The van der Waals surface area contributed by atoms with Crippen molar-refractivity contribution in [3.63, 3.8) is 0 Å². The molecule has 2 aromatic carbocycles. The third-order valence-electron chi connectivity index (χ3n) is 4.47. The van der Waals surface area contributed by atoms with Crippen LogP contribution in [0.3, 0.4) is 0 Å². The van der Waals surface area contributed by atoms with Crippen molar-refractivity contribution in [2.24, 2.45) is 7.05 Å². The van der Waals surface area contributed by atoms with Crippen LogP contribution < -0.4 is 0 Å². The highest BCUT2D eigenvalue weighted by Crippen LogP contribution is 2.32. The van der Waals surface area contributed by atoms with Crippen molar-refractivity contribution in [3.05, 3.63) is 71.4 Å². The molecule has 5 heteroatoms. The fraction of sp³-hybridized carbons (Fsp3) is 0.150. The van der Waals surface area contributed by atoms with Crippen molar-refractivity contribution in [2.75, 3.05) is 0 Å². The quantitative estimate of drug-likeness (QED) is 0.581. The summed E-state index contributed by atoms with van der Waals surface area (Å²) in [5.41, 5.74) is 5.94. The lowest BCUT2D eigenvalue weighted by Crippen LogP contribution is -2.10. The van der Waals surface area contributed by atoms with E-state index >= 15 is 0 Å². The van der Waals surface area contributed by atoms with Crippen LogP contribution in [-0.4, -0.2) is 25.5 Å². The highest BCUT2D eigenvalue weighted by atomic mass is 16.1. The summed E-state index contributed by atoms with van der Waals surface area (Å²) in [5, 5.41) is 5.47. The maximum atomic E-state index is 12.8. The van der Waals surface area contributed by atoms with Crippen LogP contribution >= 0.6 is 0 Å². The number of imidazole rings is 1. The number of aryl methyl sites for hydroxylation is 3. The number of hydrogen-bond donors (Lipinski definition) is 1. The third kappa shape index (κ3) is 2.45. The predicted molar refractivity (Wildman–Crippen MR) is 97.6 cm³/mol. The van der Waals surface area contributed by atoms with Gasteiger partial charge in [0.25, 0.3) is 0 Å². The zero-order chi connectivity index (χ0) is 17.6. The van der Waals surface area contributed by atoms with Crippen molar-refractivity contribution in [1.29, 1.82) is 0 Å². The molecule has 0 radical (unpaired) electrons. The SMILES string of the molecule is Cc1ccc(-c2cccc3c(C(=O)c4ncc[nH]4)n(C)nc23)c(C)c1. The summed E-state index contributed by atoms with van der Waals surface area (Å²) < 4.78 is 1.64. The van der Waals surface area contributed by atoms with Gasteiger partial charge in [0, 0.05) is 30.4 Å². The molecule has 2 aromatic heterocycles. The summed E-state index contributed by atoms with van der Waals surface area (Å²) in [5.74, 6) is 0.162. The van der Waals surface area contributed by atoms with Gasteiger partial charge >= 0.3 is 0 Å². The van der Waals surface area contributed by atoms with E-state index in [0.717, 1.165) is 22.0 Å². The molecule has 0 aliphatic heterocycles. The van der Waals surface area contributed by atoms with E-state index < -0.39 is 0 Å². The Morgan fingerprint density at radius 3 is 2.68 bits per heavy atom. The van der Waals surface area contributed by atoms with Gasteiger partial charge in [0.05, 0.1) is 0 Å². The summed E-state index contributed by atoms with van der Waals surface area (Å²) >= 11 is 0. The van der Waals surface area contributed by atoms with E-state index in [9.17, 15) is 4.79 Å². The van der Waals surface area contributed by atoms with Gasteiger partial charge in [-0.25, -0.2) is 4.98 Å². The van der Waals surface area contributed by atoms with Crippen molar-refractivity contribution in [1.82, 2.24) is 19.7 Å². The summed E-state index contributed by atoms with van der Waals surface area (Å²) in [4.78, 5) is 19.8. The van der Waals surface area contributed by atoms with Crippen LogP contribution in [-0.2, 0) is 7.05 Å². The molecule has 0 bridgehead atoms. The number of aromatic amines is 1. The number of ketones is 1. The van der Waals surface area contributed by atoms with Gasteiger partial charge in [0.2, 0.25) is 5.78 Å². The molecule has 0 amide bonds. The number of H-pyrrole nitrogens is 1. The molecule has 1 N–H and O–H groups in total. The summed E-state index contributed by atoms with van der Waals surface area (Å²) in [7, 11) is 1.79. The largest absolute Gasteiger partial charge is 0.342 e. The Morgan fingerprint density at radius 2 is 1.96 bits per heavy atom. The van der Waals surface area contributed by atoms with Gasteiger partial charge in [-0.05, 0) is 25.0 Å². The lowest BCUT2D eigenvalue weighted by Gasteiger charge is -2.08. The second-order valence-corrected chi connectivity index (χ2v) is 6.26. The first-order valence-electron chi connectivity index (χ1n) is 8.13. The van der Waals surface area contributed by atoms with E-state index in [1.807, 2.05) is 18.2 Å². The average Bonchev–Trinajstić information content (AvgIpc) is 3.21. The second-order valence-electron chi connectivity index (χ2n) is 6.26. The number of nitrogens with one attached hydrogen (secondary N) is 1. The van der Waals surface area contributed by atoms with Crippen molar-refractivity contribution in [3.8, 4) is 11.1 Å². The number of carbonyl (C=O) groups is 1. The molecule has 0 unspecified atom stereocenters. The maximum Gasteiger partial charge on any atom is 0.246 e. The number of rotatable bonds is 3. The van der Waals surface area contributed by atoms with Gasteiger partial charge in [-0.15, -0.1) is 0 Å². The zero-order valence-corrected chi connectivity index (χ0v) is 14.4. The molecule has 0 aliphatic rings. The maximum absolute atomic E-state index is 12.8. The molecule has 2 heterocycles. The summed E-state index contributed by atoms with van der Waals surface area (Å²) in [6.07, 6.45) is 3.22. The minimum Gasteiger partial charge on any atom is -0.342 e. The first kappa shape index (κ1) is 15.3. The fourth-order valence-corrected chi connectivity index (χ4v) is 3.32. The van der Waals surface area contributed by atoms with Gasteiger partial charge in [-0.1, -0.05) is 42.0 Å². The monoisotopic (exact) mass is 330 g/mol. The molecule has 0 saturated heterocycles. The number of carbonyl (C=O) groups excluding carboxylic acids is 1. The molecule has 124 valence electrons. The normalized spacial score (nSPS) is 11.2. The molecular formula is C20H18N4O. The molecule has 5 nitrogen and oxygen atoms in total. The van der Waals surface area contributed by atoms with Gasteiger partial charge in [-0.3, -0.25) is 9.48 Å². The lowest BCUT2D eigenvalue weighted by molar-refractivity contribution is 0.102. The van der Waals surface area contributed by atoms with Crippen molar-refractivity contribution in [2.45, 2.75) is 13.8 Å². The molecule has 0 spiro atoms. The highest BCUT2D eigenvalue weighted by Gasteiger charge is 2.22. The summed E-state index contributed by atoms with van der Waals surface area (Å²) in [6.45, 7) is 4.18. The van der Waals surface area contributed by atoms with Gasteiger partial charge in [-0.2, -0.15) is 5.10 Å². The average molecular weight is 330 g/mol. The molecule has 4 aromatic rings. The second kappa shape index (κ2) is 5.70. The predicted octanol–water partition coefficient (Wildman–Crippen LogP) is 3.81. The molecular weight excluding hydrogens is 312 g/mol. The minimum atomic E-state index is -0.159. The Hall–Kier alpha value is -3.21. The van der Waals surface area contributed by atoms with Crippen LogP contribution in [0.15, 0.2) is 48.8 Å². The number of nitrogens with zero attached hydrogens (tertiary/aromatic N) is 3. The van der Waals surface area contributed by atoms with E-state index in [0.29, 0.717) is 11.5 Å². The molecule has 0 aliphatic carbocycles. The molecule has 0 atom stereocenters. The van der Waals surface area contributed by atoms with Crippen LogP contribution in [0.25, 0.3) is 22.0 Å². The van der Waals surface area contributed by atoms with Gasteiger partial charge in [0.15, 0.2) is 5.82 Å². The Balaban J connectivity index is 1.95. The molecule has 0 saturated carbocycles. The molecule has 25 heavy (non-hydrogen) atoms. The fourth-order valence-electron chi connectivity index (χ4n) is 3.32. The van der Waals surface area contributed by atoms with Crippen LogP contribution in [0.4, 0.5) is 0 Å². The topological polar surface area (TPSA) is 63.6 Å². The van der Waals surface area contributed by atoms with Crippen LogP contribution in [0.5, 0.6) is 0 Å². The van der Waals surface area contributed by atoms with Crippen molar-refractivity contribution >= 4 is 16.7 Å². The van der Waals surface area contributed by atoms with Gasteiger partial charge < -0.3 is 4.98 Å². The highest BCUT2D eigenvalue weighted by molar-refractivity contribution is 6.15. The van der Waals surface area contributed by atoms with E-state index in [2.05, 4.69) is 47.1 Å². The number of fused-ring (bicyclic) bond motifs is 1. The standard InChI is InChI=1S/C20H18N4O/c1-12-7-8-14(13(2)11-12)15-5-4-6-16-17(15)23-24(3)18(16)19(25)20-21-9-10-22-20/h4-11H,1-3H3,(H,21,22). The minimum absolute atomic E-state index is 0.159. The third-order valence-corrected chi connectivity index (χ3v) is 4.47. The smallest absolute Gasteiger partial charge is 0.246 e. The van der Waals surface area contributed by atoms with E-state index in [4.69, 9.17) is 0 Å². The van der Waals surface area contributed by atoms with Crippen LogP contribution in [0.2, 0.25) is 0 Å². The number of aromatic nitrogens is 4. The van der Waals surface area contributed by atoms with Gasteiger partial charge in [0.1, 0.15) is 11.2 Å². The van der Waals surface area contributed by atoms with E-state index in [-0.39, 0.29) is 5.78 Å². The molecule has 0 fully saturated rings. The number of benzene rings is 2. The van der Waals surface area contributed by atoms with E-state index in [1.165, 1.54) is 11.1 Å². The Bertz CT molecular complexity index is 1090. The Morgan fingerprint density at radius 1 is 1.12 bits per heavy atom. The summed E-state index contributed by atoms with van der Waals surface area (Å²) in [6, 6.07) is 12.3. The van der Waals surface area contributed by atoms with Crippen LogP contribution in [0.1, 0.15) is 27.4 Å². The van der Waals surface area contributed by atoms with Crippen LogP contribution in [0, 0.1) is 13.8 Å². The number of hydrogen-bond acceptors (Lipinski definition) is 3.